The van der Waals surface area contributed by atoms with Crippen molar-refractivity contribution in [1.82, 2.24) is 0 Å². The summed E-state index contributed by atoms with van der Waals surface area (Å²) < 4.78 is 0. The maximum Gasteiger partial charge on any atom is 0.240 e. The molecule has 1 aliphatic rings. The number of hydrogen-bond donors (Lipinski definition) is 0. The van der Waals surface area contributed by atoms with E-state index in [1.165, 1.54) is 44.9 Å². The Bertz CT molecular complexity index is 173. The van der Waals surface area contributed by atoms with Crippen LogP contribution in [0, 0.1) is 6.17 Å². The third-order valence-electron chi connectivity index (χ3n) is 2.52. The van der Waals surface area contributed by atoms with Crippen molar-refractivity contribution in [2.24, 2.45) is 9.98 Å². The minimum Gasteiger partial charge on any atom is -0.0968 e. The average Bonchev–Trinajstić information content (AvgIpc) is 2.69. The van der Waals surface area contributed by atoms with Crippen LogP contribution in [0.15, 0.2) is 9.98 Å². The lowest BCUT2D eigenvalue weighted by atomic mass is 10.1. The van der Waals surface area contributed by atoms with Gasteiger partial charge in [-0.1, -0.05) is 55.4 Å². The molecule has 0 fully saturated rings. The van der Waals surface area contributed by atoms with Crippen LogP contribution >= 0.6 is 0 Å². The summed E-state index contributed by atoms with van der Waals surface area (Å²) in [6.07, 6.45) is 15.1. The lowest BCUT2D eigenvalue weighted by Crippen LogP contribution is -1.87. The molecule has 0 saturated carbocycles. The Morgan fingerprint density at radius 1 is 0.857 bits per heavy atom. The maximum absolute atomic E-state index is 4.15. The molecule has 1 aliphatic heterocycles. The molecular formula is C12H21N2+. The van der Waals surface area contributed by atoms with Crippen molar-refractivity contribution in [2.75, 3.05) is 0 Å². The lowest BCUT2D eigenvalue weighted by molar-refractivity contribution is 0.577. The van der Waals surface area contributed by atoms with Crippen molar-refractivity contribution < 1.29 is 0 Å². The van der Waals surface area contributed by atoms with E-state index in [0.717, 1.165) is 12.6 Å². The Labute approximate surface area is 87.5 Å². The minimum absolute atomic E-state index is 1.01. The number of rotatable bonds is 8. The molecule has 0 unspecified atom stereocenters. The van der Waals surface area contributed by atoms with Gasteiger partial charge in [-0.25, -0.2) is 0 Å². The van der Waals surface area contributed by atoms with E-state index in [4.69, 9.17) is 0 Å². The fraction of sp³-hybridized carbons (Fsp3) is 0.750. The summed E-state index contributed by atoms with van der Waals surface area (Å²) in [4.78, 5) is 8.30. The number of aliphatic imine (C=N–C) groups is 2. The summed E-state index contributed by atoms with van der Waals surface area (Å²) in [6.45, 7) is 2.26. The van der Waals surface area contributed by atoms with E-state index in [-0.39, 0.29) is 0 Å². The van der Waals surface area contributed by atoms with Crippen molar-refractivity contribution in [3.05, 3.63) is 6.17 Å². The van der Waals surface area contributed by atoms with Gasteiger partial charge in [-0.15, -0.1) is 0 Å². The first-order chi connectivity index (χ1) is 6.93. The van der Waals surface area contributed by atoms with Crippen LogP contribution in [0.1, 0.15) is 58.3 Å². The molecule has 0 amide bonds. The monoisotopic (exact) mass is 193 g/mol. The Balaban J connectivity index is 1.80. The van der Waals surface area contributed by atoms with Crippen LogP contribution in [-0.4, -0.2) is 12.4 Å². The van der Waals surface area contributed by atoms with Gasteiger partial charge in [0, 0.05) is 0 Å². The number of nitrogens with zero attached hydrogens (tertiary/aromatic N) is 2. The molecule has 2 nitrogen and oxygen atoms in total. The second-order valence-corrected chi connectivity index (χ2v) is 3.84. The molecule has 1 heterocycles. The molecule has 0 aromatic carbocycles. The van der Waals surface area contributed by atoms with Gasteiger partial charge in [0.25, 0.3) is 0 Å². The van der Waals surface area contributed by atoms with E-state index < -0.39 is 0 Å². The van der Waals surface area contributed by atoms with Crippen molar-refractivity contribution in [3.63, 3.8) is 0 Å². The Kier molecular flexibility index (Phi) is 6.13. The van der Waals surface area contributed by atoms with Crippen molar-refractivity contribution in [3.8, 4) is 0 Å². The fourth-order valence-electron chi connectivity index (χ4n) is 1.64. The van der Waals surface area contributed by atoms with Gasteiger partial charge >= 0.3 is 0 Å². The molecule has 0 aromatic heterocycles. The van der Waals surface area contributed by atoms with Crippen LogP contribution in [-0.2, 0) is 0 Å². The van der Waals surface area contributed by atoms with E-state index in [0.29, 0.717) is 0 Å². The molecule has 0 aromatic rings. The summed E-state index contributed by atoms with van der Waals surface area (Å²) >= 11 is 0. The van der Waals surface area contributed by atoms with Gasteiger partial charge < -0.3 is 0 Å². The van der Waals surface area contributed by atoms with Gasteiger partial charge in [-0.2, -0.15) is 0 Å². The van der Waals surface area contributed by atoms with Crippen LogP contribution in [0.5, 0.6) is 0 Å². The predicted octanol–water partition coefficient (Wildman–Crippen LogP) is 3.77. The van der Waals surface area contributed by atoms with E-state index in [2.05, 4.69) is 16.9 Å². The highest BCUT2D eigenvalue weighted by molar-refractivity contribution is 6.18. The zero-order valence-corrected chi connectivity index (χ0v) is 9.21. The molecule has 14 heavy (non-hydrogen) atoms. The Morgan fingerprint density at radius 2 is 1.43 bits per heavy atom. The molecule has 1 rings (SSSR count). The first-order valence-corrected chi connectivity index (χ1v) is 5.86. The first-order valence-electron chi connectivity index (χ1n) is 5.86. The highest BCUT2D eigenvalue weighted by Gasteiger charge is 2.14. The van der Waals surface area contributed by atoms with E-state index in [9.17, 15) is 0 Å². The van der Waals surface area contributed by atoms with Gasteiger partial charge in [0.2, 0.25) is 6.17 Å². The summed E-state index contributed by atoms with van der Waals surface area (Å²) in [5, 5.41) is 0. The van der Waals surface area contributed by atoms with Crippen LogP contribution < -0.4 is 0 Å². The molecule has 0 atom stereocenters. The standard InChI is InChI=1S/C12H21N2/c1-2-3-4-5-6-7-8-9-12-13-10-11-14-12/h10-11H,2-9H2,1H3/q+1. The van der Waals surface area contributed by atoms with Crippen molar-refractivity contribution in [2.45, 2.75) is 58.3 Å². The highest BCUT2D eigenvalue weighted by Crippen LogP contribution is 2.17. The largest absolute Gasteiger partial charge is 0.240 e. The summed E-state index contributed by atoms with van der Waals surface area (Å²) in [5.74, 6) is 0. The molecule has 0 aliphatic carbocycles. The lowest BCUT2D eigenvalue weighted by Gasteiger charge is -1.99. The van der Waals surface area contributed by atoms with Gasteiger partial charge in [-0.3, -0.25) is 0 Å². The van der Waals surface area contributed by atoms with Gasteiger partial charge in [0.1, 0.15) is 0 Å². The zero-order valence-electron chi connectivity index (χ0n) is 9.21. The van der Waals surface area contributed by atoms with Crippen LogP contribution in [0.3, 0.4) is 0 Å². The highest BCUT2D eigenvalue weighted by atomic mass is 15.0. The van der Waals surface area contributed by atoms with E-state index in [1.54, 1.807) is 12.4 Å². The Hall–Kier alpha value is -0.790. The average molecular weight is 193 g/mol. The van der Waals surface area contributed by atoms with Crippen LogP contribution in [0.4, 0.5) is 0 Å². The van der Waals surface area contributed by atoms with Gasteiger partial charge in [-0.05, 0) is 6.42 Å². The fourth-order valence-corrected chi connectivity index (χ4v) is 1.64. The molecule has 0 radical (unpaired) electrons. The molecular weight excluding hydrogens is 172 g/mol. The predicted molar refractivity (Wildman–Crippen MR) is 62.8 cm³/mol. The topological polar surface area (TPSA) is 24.7 Å². The van der Waals surface area contributed by atoms with Crippen molar-refractivity contribution in [1.29, 1.82) is 0 Å². The molecule has 0 saturated heterocycles. The quantitative estimate of drug-likeness (QED) is 0.414. The second kappa shape index (κ2) is 7.60. The number of hydrogen-bond acceptors (Lipinski definition) is 2. The maximum atomic E-state index is 4.15. The summed E-state index contributed by atoms with van der Waals surface area (Å²) in [6, 6.07) is 0. The molecule has 78 valence electrons. The van der Waals surface area contributed by atoms with E-state index >= 15 is 0 Å². The Morgan fingerprint density at radius 3 is 2.07 bits per heavy atom. The molecule has 0 N–H and O–H groups in total. The second-order valence-electron chi connectivity index (χ2n) is 3.84. The smallest absolute Gasteiger partial charge is 0.0968 e. The summed E-state index contributed by atoms with van der Waals surface area (Å²) in [5.41, 5.74) is 0. The van der Waals surface area contributed by atoms with Crippen LogP contribution in [0.2, 0.25) is 0 Å². The molecule has 0 bridgehead atoms. The summed E-state index contributed by atoms with van der Waals surface area (Å²) in [7, 11) is 0. The SMILES string of the molecule is CCCCCCCCC[C+]1N=CC=N1. The van der Waals surface area contributed by atoms with Gasteiger partial charge in [0.05, 0.1) is 6.42 Å². The van der Waals surface area contributed by atoms with Gasteiger partial charge in [0.15, 0.2) is 12.4 Å². The van der Waals surface area contributed by atoms with E-state index in [1.807, 2.05) is 0 Å². The third-order valence-corrected chi connectivity index (χ3v) is 2.52. The third kappa shape index (κ3) is 5.05. The number of unbranched alkanes of at least 4 members (excludes halogenated alkanes) is 6. The zero-order chi connectivity index (χ0) is 10.1. The van der Waals surface area contributed by atoms with Crippen molar-refractivity contribution >= 4 is 12.4 Å². The molecule has 2 heteroatoms. The first kappa shape index (κ1) is 11.3. The van der Waals surface area contributed by atoms with Crippen LogP contribution in [0.25, 0.3) is 0 Å². The molecule has 0 spiro atoms. The normalized spacial score (nSPS) is 14.2. The minimum atomic E-state index is 1.01.